The van der Waals surface area contributed by atoms with Crippen molar-refractivity contribution in [2.45, 2.75) is 119 Å². The number of aliphatic hydroxyl groups is 1. The van der Waals surface area contributed by atoms with Gasteiger partial charge in [0.05, 0.1) is 17.2 Å². The van der Waals surface area contributed by atoms with Crippen LogP contribution in [0.3, 0.4) is 0 Å². The van der Waals surface area contributed by atoms with Gasteiger partial charge in [-0.15, -0.1) is 0 Å². The Balaban J connectivity index is 1.37. The third-order valence-electron chi connectivity index (χ3n) is 14.5. The summed E-state index contributed by atoms with van der Waals surface area (Å²) in [7, 11) is 0. The summed E-state index contributed by atoms with van der Waals surface area (Å²) in [6, 6.07) is 5.81. The largest absolute Gasteiger partial charge is 0.459 e. The van der Waals surface area contributed by atoms with Gasteiger partial charge < -0.3 is 9.84 Å². The van der Waals surface area contributed by atoms with Crippen molar-refractivity contribution in [2.75, 3.05) is 0 Å². The van der Waals surface area contributed by atoms with Gasteiger partial charge in [-0.1, -0.05) is 66.2 Å². The Morgan fingerprint density at radius 2 is 1.75 bits per heavy atom. The van der Waals surface area contributed by atoms with E-state index in [9.17, 15) is 9.90 Å². The molecule has 4 nitrogen and oxygen atoms in total. The summed E-state index contributed by atoms with van der Waals surface area (Å²) in [6.07, 6.45) is 13.8. The van der Waals surface area contributed by atoms with E-state index in [1.165, 1.54) is 12.8 Å². The first-order valence-electron chi connectivity index (χ1n) is 16.3. The first kappa shape index (κ1) is 28.4. The van der Waals surface area contributed by atoms with Crippen LogP contribution in [0.25, 0.3) is 0 Å². The predicted octanol–water partition coefficient (Wildman–Crippen LogP) is 8.14. The number of carbonyl (C=O) groups is 1. The molecule has 4 heteroatoms. The van der Waals surface area contributed by atoms with Crippen LogP contribution in [0.15, 0.2) is 36.0 Å². The van der Waals surface area contributed by atoms with Crippen molar-refractivity contribution in [1.82, 2.24) is 4.98 Å². The molecule has 0 aliphatic heterocycles. The molecule has 40 heavy (non-hydrogen) atoms. The van der Waals surface area contributed by atoms with Crippen molar-refractivity contribution < 1.29 is 14.6 Å². The zero-order valence-electron chi connectivity index (χ0n) is 26.1. The van der Waals surface area contributed by atoms with E-state index < -0.39 is 5.41 Å². The summed E-state index contributed by atoms with van der Waals surface area (Å²) < 4.78 is 6.12. The molecule has 0 radical (unpaired) electrons. The molecule has 1 heterocycles. The zero-order chi connectivity index (χ0) is 28.7. The van der Waals surface area contributed by atoms with Crippen LogP contribution in [-0.4, -0.2) is 22.2 Å². The van der Waals surface area contributed by atoms with E-state index in [0.29, 0.717) is 23.7 Å². The summed E-state index contributed by atoms with van der Waals surface area (Å²) >= 11 is 0. The summed E-state index contributed by atoms with van der Waals surface area (Å²) in [5.41, 5.74) is 2.47. The number of aliphatic hydroxyl groups excluding tert-OH is 1. The fraction of sp³-hybridized carbons (Fsp3) is 0.778. The number of aromatic nitrogens is 1. The Kier molecular flexibility index (Phi) is 6.69. The van der Waals surface area contributed by atoms with Crippen LogP contribution in [0.4, 0.5) is 0 Å². The average Bonchev–Trinajstić information content (AvgIpc) is 2.92. The van der Waals surface area contributed by atoms with Crippen LogP contribution < -0.4 is 0 Å². The van der Waals surface area contributed by atoms with Gasteiger partial charge in [-0.3, -0.25) is 9.78 Å². The van der Waals surface area contributed by atoms with Crippen molar-refractivity contribution in [2.24, 2.45) is 56.7 Å². The third kappa shape index (κ3) is 3.72. The highest BCUT2D eigenvalue weighted by molar-refractivity contribution is 5.79. The van der Waals surface area contributed by atoms with E-state index >= 15 is 0 Å². The first-order chi connectivity index (χ1) is 18.8. The molecular weight excluding hydrogens is 494 g/mol. The monoisotopic (exact) mass is 547 g/mol. The number of rotatable bonds is 3. The number of pyridine rings is 1. The molecule has 5 aliphatic carbocycles. The van der Waals surface area contributed by atoms with Crippen molar-refractivity contribution >= 4 is 5.97 Å². The van der Waals surface area contributed by atoms with Crippen LogP contribution in [0.2, 0.25) is 0 Å². The maximum Gasteiger partial charge on any atom is 0.313 e. The van der Waals surface area contributed by atoms with Gasteiger partial charge in [-0.2, -0.15) is 0 Å². The minimum atomic E-state index is -0.423. The van der Waals surface area contributed by atoms with Crippen LogP contribution in [0.1, 0.15) is 112 Å². The van der Waals surface area contributed by atoms with E-state index in [1.807, 2.05) is 18.2 Å². The lowest BCUT2D eigenvalue weighted by atomic mass is 9.33. The van der Waals surface area contributed by atoms with E-state index in [2.05, 4.69) is 59.5 Å². The summed E-state index contributed by atoms with van der Waals surface area (Å²) in [5.74, 6) is 2.48. The molecular formula is C36H53NO3. The Morgan fingerprint density at radius 3 is 2.48 bits per heavy atom. The lowest BCUT2D eigenvalue weighted by Gasteiger charge is -2.71. The van der Waals surface area contributed by atoms with Gasteiger partial charge in [0.1, 0.15) is 6.61 Å². The fourth-order valence-corrected chi connectivity index (χ4v) is 11.6. The number of nitrogens with zero attached hydrogens (tertiary/aromatic N) is 1. The third-order valence-corrected chi connectivity index (χ3v) is 14.5. The van der Waals surface area contributed by atoms with Gasteiger partial charge in [0.15, 0.2) is 0 Å². The van der Waals surface area contributed by atoms with E-state index in [4.69, 9.17) is 4.74 Å². The Morgan fingerprint density at radius 1 is 0.975 bits per heavy atom. The SMILES string of the molecule is C[C@H]1[C@H](C)CC[C@]2(C(=O)OCc3ccccn3)CC[C@]3(C)C(=CC[C@@H]4[C@@]5(C)CC[C@H](O)C(C)(C)[C@@H]5CC[C@]43C)[C@H]12. The molecule has 0 saturated heterocycles. The molecule has 10 atom stereocenters. The van der Waals surface area contributed by atoms with Crippen LogP contribution in [0.5, 0.6) is 0 Å². The highest BCUT2D eigenvalue weighted by atomic mass is 16.5. The first-order valence-corrected chi connectivity index (χ1v) is 16.3. The second-order valence-corrected chi connectivity index (χ2v) is 16.1. The number of fused-ring (bicyclic) bond motifs is 7. The van der Waals surface area contributed by atoms with Crippen molar-refractivity contribution in [1.29, 1.82) is 0 Å². The molecule has 1 aromatic rings. The Labute approximate surface area is 242 Å². The average molecular weight is 548 g/mol. The van der Waals surface area contributed by atoms with Gasteiger partial charge in [-0.05, 0) is 121 Å². The second-order valence-electron chi connectivity index (χ2n) is 16.1. The number of ether oxygens (including phenoxy) is 1. The lowest BCUT2D eigenvalue weighted by Crippen LogP contribution is -2.65. The van der Waals surface area contributed by atoms with Gasteiger partial charge in [0.2, 0.25) is 0 Å². The fourth-order valence-electron chi connectivity index (χ4n) is 11.6. The molecule has 0 unspecified atom stereocenters. The molecule has 0 spiro atoms. The van der Waals surface area contributed by atoms with Crippen LogP contribution >= 0.6 is 0 Å². The molecule has 0 bridgehead atoms. The van der Waals surface area contributed by atoms with Gasteiger partial charge in [-0.25, -0.2) is 0 Å². The molecule has 1 N–H and O–H groups in total. The molecule has 4 saturated carbocycles. The summed E-state index contributed by atoms with van der Waals surface area (Å²) in [6.45, 7) is 17.5. The molecule has 0 amide bonds. The van der Waals surface area contributed by atoms with E-state index in [1.54, 1.807) is 11.8 Å². The van der Waals surface area contributed by atoms with E-state index in [-0.39, 0.29) is 46.3 Å². The minimum Gasteiger partial charge on any atom is -0.459 e. The van der Waals surface area contributed by atoms with E-state index in [0.717, 1.165) is 50.6 Å². The van der Waals surface area contributed by atoms with Gasteiger partial charge in [0, 0.05) is 6.20 Å². The number of hydrogen-bond acceptors (Lipinski definition) is 4. The van der Waals surface area contributed by atoms with Crippen molar-refractivity contribution in [3.8, 4) is 0 Å². The number of carbonyl (C=O) groups excluding carboxylic acids is 1. The lowest BCUT2D eigenvalue weighted by molar-refractivity contribution is -0.207. The Bertz CT molecular complexity index is 1180. The minimum absolute atomic E-state index is 0.0100. The molecule has 0 aromatic carbocycles. The van der Waals surface area contributed by atoms with Gasteiger partial charge >= 0.3 is 5.97 Å². The topological polar surface area (TPSA) is 59.4 Å². The van der Waals surface area contributed by atoms with Gasteiger partial charge in [0.25, 0.3) is 0 Å². The molecule has 1 aromatic heterocycles. The predicted molar refractivity (Wildman–Crippen MR) is 159 cm³/mol. The number of hydrogen-bond donors (Lipinski definition) is 1. The maximum absolute atomic E-state index is 14.2. The van der Waals surface area contributed by atoms with Crippen LogP contribution in [0, 0.1) is 56.7 Å². The second kappa shape index (κ2) is 9.41. The summed E-state index contributed by atoms with van der Waals surface area (Å²) in [4.78, 5) is 18.6. The highest BCUT2D eigenvalue weighted by Gasteiger charge is 2.69. The maximum atomic E-state index is 14.2. The van der Waals surface area contributed by atoms with Crippen molar-refractivity contribution in [3.05, 3.63) is 41.7 Å². The summed E-state index contributed by atoms with van der Waals surface area (Å²) in [5, 5.41) is 11.0. The standard InChI is InChI=1S/C36H53NO3/c1-23-13-18-36(31(39)40-22-25-10-8-9-21-37-25)20-19-34(6)26(30(36)24(23)2)11-12-28-33(5)16-15-29(38)32(3,4)27(33)14-17-35(28,34)7/h8-11,21,23-24,27-30,38H,12-20,22H2,1-7H3/t23-,24+,27+,28-,29+,30+,33+,34-,35-,36+/m1/s1. The van der Waals surface area contributed by atoms with Crippen LogP contribution in [-0.2, 0) is 16.1 Å². The molecule has 220 valence electrons. The molecule has 4 fully saturated rings. The Hall–Kier alpha value is -1.68. The van der Waals surface area contributed by atoms with Crippen molar-refractivity contribution in [3.63, 3.8) is 0 Å². The number of esters is 1. The normalized spacial score (nSPS) is 47.5. The molecule has 5 aliphatic rings. The molecule has 6 rings (SSSR count). The number of allylic oxidation sites excluding steroid dienone is 2. The quantitative estimate of drug-likeness (QED) is 0.306. The smallest absolute Gasteiger partial charge is 0.313 e. The zero-order valence-corrected chi connectivity index (χ0v) is 26.1. The highest BCUT2D eigenvalue weighted by Crippen LogP contribution is 2.75.